The molecule has 0 bridgehead atoms. The molecule has 0 aliphatic carbocycles. The average molecular weight is 355 g/mol. The second-order valence-corrected chi connectivity index (χ2v) is 14.5. The third-order valence-electron chi connectivity index (χ3n) is 3.40. The maximum atomic E-state index is 4.74. The molecule has 0 aromatic rings. The predicted octanol–water partition coefficient (Wildman–Crippen LogP) is 8.33. The van der Waals surface area contributed by atoms with E-state index in [9.17, 15) is 0 Å². The summed E-state index contributed by atoms with van der Waals surface area (Å²) in [7, 11) is 0. The van der Waals surface area contributed by atoms with E-state index in [4.69, 9.17) is 12.2 Å². The van der Waals surface area contributed by atoms with Crippen molar-refractivity contribution in [3.63, 3.8) is 0 Å². The number of unbranched alkanes of at least 4 members (excludes halogenated alkanes) is 10. The van der Waals surface area contributed by atoms with Crippen molar-refractivity contribution in [2.75, 3.05) is 11.5 Å². The van der Waals surface area contributed by atoms with Crippen molar-refractivity contribution in [2.45, 2.75) is 90.9 Å². The van der Waals surface area contributed by atoms with E-state index >= 15 is 0 Å². The Bertz CT molecular complexity index is 161. The highest BCUT2D eigenvalue weighted by Crippen LogP contribution is 2.64. The zero-order chi connectivity index (χ0) is 14.9. The molecule has 0 aromatic heterocycles. The fourth-order valence-electron chi connectivity index (χ4n) is 2.09. The smallest absolute Gasteiger partial charge is 0.0697 e. The van der Waals surface area contributed by atoms with Crippen molar-refractivity contribution in [3.05, 3.63) is 0 Å². The molecule has 0 aromatic carbocycles. The lowest BCUT2D eigenvalue weighted by atomic mass is 10.1. The Balaban J connectivity index is 3.11. The van der Waals surface area contributed by atoms with Crippen molar-refractivity contribution >= 4 is 40.5 Å². The van der Waals surface area contributed by atoms with Gasteiger partial charge in [-0.2, -0.15) is 0 Å². The molecule has 0 aliphatic heterocycles. The van der Waals surface area contributed by atoms with Gasteiger partial charge in [-0.3, -0.25) is 0 Å². The number of hydrogen-bond acceptors (Lipinski definition) is 3. The van der Waals surface area contributed by atoms with Crippen LogP contribution in [0.15, 0.2) is 0 Å². The van der Waals surface area contributed by atoms with E-state index in [1.165, 1.54) is 88.6 Å². The maximum Gasteiger partial charge on any atom is 0.0697 e. The molecule has 4 heteroatoms. The van der Waals surface area contributed by atoms with Gasteiger partial charge in [0.25, 0.3) is 0 Å². The van der Waals surface area contributed by atoms with Crippen LogP contribution >= 0.6 is 40.5 Å². The van der Waals surface area contributed by atoms with Gasteiger partial charge < -0.3 is 0 Å². The Labute approximate surface area is 142 Å². The molecular formula is C16H35PS3. The van der Waals surface area contributed by atoms with E-state index in [2.05, 4.69) is 36.6 Å². The largest absolute Gasteiger partial charge is 0.130 e. The molecule has 0 rings (SSSR count). The van der Waals surface area contributed by atoms with Crippen molar-refractivity contribution in [2.24, 2.45) is 0 Å². The van der Waals surface area contributed by atoms with Crippen molar-refractivity contribution < 1.29 is 0 Å². The summed E-state index contributed by atoms with van der Waals surface area (Å²) in [4.78, 5) is 0. The molecule has 0 spiro atoms. The van der Waals surface area contributed by atoms with Crippen LogP contribution in [0.3, 0.4) is 0 Å². The van der Waals surface area contributed by atoms with Crippen molar-refractivity contribution in [1.29, 1.82) is 0 Å². The number of rotatable bonds is 16. The van der Waals surface area contributed by atoms with Gasteiger partial charge in [-0.25, -0.2) is 0 Å². The Morgan fingerprint density at radius 1 is 0.600 bits per heavy atom. The molecule has 0 saturated carbocycles. The Morgan fingerprint density at radius 2 is 0.950 bits per heavy atom. The van der Waals surface area contributed by atoms with Crippen LogP contribution in [-0.4, -0.2) is 11.5 Å². The summed E-state index contributed by atoms with van der Waals surface area (Å²) in [6.07, 6.45) is 16.9. The number of thiol groups is 1. The van der Waals surface area contributed by atoms with E-state index in [1.54, 1.807) is 0 Å². The molecule has 0 nitrogen and oxygen atoms in total. The molecule has 20 heavy (non-hydrogen) atoms. The topological polar surface area (TPSA) is 0 Å². The summed E-state index contributed by atoms with van der Waals surface area (Å²) < 4.78 is 0. The van der Waals surface area contributed by atoms with Crippen LogP contribution in [0.25, 0.3) is 0 Å². The SMILES string of the molecule is CCCCCCCCSP(S)SCCCCCCCC. The molecule has 0 amide bonds. The van der Waals surface area contributed by atoms with Gasteiger partial charge in [0.2, 0.25) is 0 Å². The average Bonchev–Trinajstić information content (AvgIpc) is 2.45. The summed E-state index contributed by atoms with van der Waals surface area (Å²) in [5.41, 5.74) is -0.108. The first-order valence-electron chi connectivity index (χ1n) is 8.56. The van der Waals surface area contributed by atoms with E-state index in [-0.39, 0.29) is 5.53 Å². The molecule has 0 radical (unpaired) electrons. The van der Waals surface area contributed by atoms with Gasteiger partial charge in [0.1, 0.15) is 0 Å². The molecule has 0 fully saturated rings. The van der Waals surface area contributed by atoms with E-state index in [1.807, 2.05) is 0 Å². The van der Waals surface area contributed by atoms with Gasteiger partial charge in [-0.05, 0) is 24.3 Å². The van der Waals surface area contributed by atoms with Crippen molar-refractivity contribution in [1.82, 2.24) is 0 Å². The third kappa shape index (κ3) is 17.5. The highest BCUT2D eigenvalue weighted by Gasteiger charge is 2.03. The minimum absolute atomic E-state index is 0.108. The van der Waals surface area contributed by atoms with Gasteiger partial charge in [0.05, 0.1) is 5.53 Å². The molecule has 0 N–H and O–H groups in total. The molecule has 0 unspecified atom stereocenters. The first kappa shape index (κ1) is 21.5. The van der Waals surface area contributed by atoms with E-state index < -0.39 is 0 Å². The molecule has 0 aliphatic rings. The second kappa shape index (κ2) is 18.5. The molecule has 0 atom stereocenters. The van der Waals surface area contributed by atoms with Gasteiger partial charge in [-0.15, -0.1) is 35.0 Å². The fraction of sp³-hybridized carbons (Fsp3) is 1.00. The van der Waals surface area contributed by atoms with Crippen LogP contribution in [0, 0.1) is 0 Å². The normalized spacial score (nSPS) is 11.4. The first-order valence-corrected chi connectivity index (χ1v) is 14.2. The summed E-state index contributed by atoms with van der Waals surface area (Å²) in [6.45, 7) is 4.57. The summed E-state index contributed by atoms with van der Waals surface area (Å²) in [5, 5.41) is 0. The standard InChI is InChI=1S/C16H35PS3/c1-3-5-7-9-11-13-15-19-17(18)20-16-14-12-10-8-6-4-2/h18H,3-16H2,1-2H3. The van der Waals surface area contributed by atoms with Crippen LogP contribution < -0.4 is 0 Å². The van der Waals surface area contributed by atoms with Crippen LogP contribution in [0.4, 0.5) is 0 Å². The van der Waals surface area contributed by atoms with Gasteiger partial charge >= 0.3 is 0 Å². The maximum absolute atomic E-state index is 4.74. The summed E-state index contributed by atoms with van der Waals surface area (Å²) in [5.74, 6) is 2.65. The monoisotopic (exact) mass is 354 g/mol. The van der Waals surface area contributed by atoms with Crippen LogP contribution in [0.5, 0.6) is 0 Å². The van der Waals surface area contributed by atoms with Crippen LogP contribution in [0.1, 0.15) is 90.9 Å². The minimum Gasteiger partial charge on any atom is -0.130 e. The highest BCUT2D eigenvalue weighted by atomic mass is 33.4. The third-order valence-corrected chi connectivity index (χ3v) is 11.2. The molecule has 0 heterocycles. The Morgan fingerprint density at radius 3 is 1.35 bits per heavy atom. The minimum atomic E-state index is -0.108. The lowest BCUT2D eigenvalue weighted by Crippen LogP contribution is -1.82. The van der Waals surface area contributed by atoms with Gasteiger partial charge in [0, 0.05) is 0 Å². The zero-order valence-corrected chi connectivity index (χ0v) is 17.0. The van der Waals surface area contributed by atoms with E-state index in [0.717, 1.165) is 0 Å². The highest BCUT2D eigenvalue weighted by molar-refractivity contribution is 9.09. The molecule has 122 valence electrons. The predicted molar refractivity (Wildman–Crippen MR) is 108 cm³/mol. The molecular weight excluding hydrogens is 319 g/mol. The zero-order valence-electron chi connectivity index (χ0n) is 13.6. The fourth-order valence-corrected chi connectivity index (χ4v) is 8.56. The summed E-state index contributed by atoms with van der Waals surface area (Å²) >= 11 is 8.95. The quantitative estimate of drug-likeness (QED) is 0.168. The lowest BCUT2D eigenvalue weighted by molar-refractivity contribution is 0.627. The van der Waals surface area contributed by atoms with Crippen LogP contribution in [0.2, 0.25) is 0 Å². The Hall–Kier alpha value is 1.48. The second-order valence-electron chi connectivity index (χ2n) is 5.44. The lowest BCUT2D eigenvalue weighted by Gasteiger charge is -2.09. The molecule has 0 saturated heterocycles. The summed E-state index contributed by atoms with van der Waals surface area (Å²) in [6, 6.07) is 0. The van der Waals surface area contributed by atoms with Gasteiger partial charge in [0.15, 0.2) is 0 Å². The van der Waals surface area contributed by atoms with Crippen LogP contribution in [-0.2, 0) is 0 Å². The van der Waals surface area contributed by atoms with Crippen molar-refractivity contribution in [3.8, 4) is 0 Å². The Kier molecular flexibility index (Phi) is 19.9. The first-order chi connectivity index (χ1) is 9.81. The van der Waals surface area contributed by atoms with E-state index in [0.29, 0.717) is 0 Å². The number of hydrogen-bond donors (Lipinski definition) is 1. The van der Waals surface area contributed by atoms with Gasteiger partial charge in [-0.1, -0.05) is 78.1 Å².